The van der Waals surface area contributed by atoms with Gasteiger partial charge in [-0.15, -0.1) is 0 Å². The van der Waals surface area contributed by atoms with Crippen LogP contribution in [0.4, 0.5) is 11.4 Å². The van der Waals surface area contributed by atoms with Gasteiger partial charge in [-0.25, -0.2) is 5.84 Å². The number of amides is 2. The molecule has 102 valence electrons. The van der Waals surface area contributed by atoms with E-state index in [1.165, 1.54) is 7.11 Å². The number of ether oxygens (including phenoxy) is 1. The number of para-hydroxylation sites is 2. The maximum absolute atomic E-state index is 11.8. The van der Waals surface area contributed by atoms with Gasteiger partial charge in [-0.05, 0) is 12.1 Å². The van der Waals surface area contributed by atoms with Crippen molar-refractivity contribution in [2.24, 2.45) is 5.84 Å². The van der Waals surface area contributed by atoms with Crippen molar-refractivity contribution in [1.82, 2.24) is 5.43 Å². The number of benzene rings is 1. The van der Waals surface area contributed by atoms with Crippen molar-refractivity contribution in [3.8, 4) is 0 Å². The van der Waals surface area contributed by atoms with Crippen LogP contribution in [0.5, 0.6) is 0 Å². The highest BCUT2D eigenvalue weighted by molar-refractivity contribution is 6.03. The zero-order valence-electron chi connectivity index (χ0n) is 10.6. The highest BCUT2D eigenvalue weighted by Crippen LogP contribution is 2.30. The van der Waals surface area contributed by atoms with Gasteiger partial charge in [-0.2, -0.15) is 0 Å². The predicted molar refractivity (Wildman–Crippen MR) is 70.4 cm³/mol. The fourth-order valence-corrected chi connectivity index (χ4v) is 2.10. The van der Waals surface area contributed by atoms with E-state index in [0.717, 1.165) is 5.69 Å². The van der Waals surface area contributed by atoms with Crippen molar-refractivity contribution in [1.29, 1.82) is 0 Å². The average Bonchev–Trinajstić information content (AvgIpc) is 2.43. The summed E-state index contributed by atoms with van der Waals surface area (Å²) >= 11 is 0. The van der Waals surface area contributed by atoms with Gasteiger partial charge in [0.1, 0.15) is 6.04 Å². The lowest BCUT2D eigenvalue weighted by Crippen LogP contribution is -2.55. The largest absolute Gasteiger partial charge is 0.382 e. The Kier molecular flexibility index (Phi) is 3.98. The van der Waals surface area contributed by atoms with Crippen molar-refractivity contribution in [3.63, 3.8) is 0 Å². The summed E-state index contributed by atoms with van der Waals surface area (Å²) in [6, 6.07) is 6.62. The van der Waals surface area contributed by atoms with Crippen molar-refractivity contribution in [3.05, 3.63) is 24.3 Å². The quantitative estimate of drug-likeness (QED) is 0.385. The number of hydrazine groups is 1. The molecule has 1 aromatic carbocycles. The van der Waals surface area contributed by atoms with E-state index < -0.39 is 11.9 Å². The van der Waals surface area contributed by atoms with E-state index in [1.807, 2.05) is 18.2 Å². The molecular formula is C12H16N4O3. The smallest absolute Gasteiger partial charge is 0.258 e. The Balaban J connectivity index is 2.36. The number of carbonyl (C=O) groups excluding carboxylic acids is 2. The van der Waals surface area contributed by atoms with Crippen LogP contribution in [0.25, 0.3) is 0 Å². The number of rotatable bonds is 4. The number of nitrogens with one attached hydrogen (secondary N) is 2. The molecule has 1 atom stereocenters. The second-order valence-electron chi connectivity index (χ2n) is 4.17. The first-order valence-electron chi connectivity index (χ1n) is 5.82. The zero-order valence-corrected chi connectivity index (χ0v) is 10.6. The molecule has 7 heteroatoms. The van der Waals surface area contributed by atoms with E-state index in [1.54, 1.807) is 11.0 Å². The molecule has 0 bridgehead atoms. The van der Waals surface area contributed by atoms with Gasteiger partial charge in [0.05, 0.1) is 24.5 Å². The molecule has 1 aromatic rings. The van der Waals surface area contributed by atoms with Crippen molar-refractivity contribution in [2.45, 2.75) is 6.04 Å². The summed E-state index contributed by atoms with van der Waals surface area (Å²) in [5, 5.41) is 2.76. The van der Waals surface area contributed by atoms with Crippen LogP contribution in [0, 0.1) is 0 Å². The molecule has 2 amide bonds. The number of fused-ring (bicyclic) bond motifs is 1. The zero-order chi connectivity index (χ0) is 13.8. The van der Waals surface area contributed by atoms with E-state index in [9.17, 15) is 9.59 Å². The minimum absolute atomic E-state index is 0.0818. The van der Waals surface area contributed by atoms with Crippen LogP contribution >= 0.6 is 0 Å². The van der Waals surface area contributed by atoms with Crippen LogP contribution < -0.4 is 21.5 Å². The molecular weight excluding hydrogens is 248 g/mol. The first-order valence-corrected chi connectivity index (χ1v) is 5.82. The predicted octanol–water partition coefficient (Wildman–Crippen LogP) is -0.550. The van der Waals surface area contributed by atoms with Gasteiger partial charge in [-0.1, -0.05) is 12.1 Å². The van der Waals surface area contributed by atoms with E-state index in [4.69, 9.17) is 10.6 Å². The third kappa shape index (κ3) is 2.67. The van der Waals surface area contributed by atoms with Gasteiger partial charge in [0, 0.05) is 7.11 Å². The molecule has 0 saturated heterocycles. The second-order valence-corrected chi connectivity index (χ2v) is 4.17. The van der Waals surface area contributed by atoms with Crippen LogP contribution in [-0.4, -0.2) is 38.1 Å². The minimum atomic E-state index is -0.651. The number of hydrogen-bond donors (Lipinski definition) is 3. The van der Waals surface area contributed by atoms with Gasteiger partial charge in [0.15, 0.2) is 0 Å². The van der Waals surface area contributed by atoms with Crippen LogP contribution in [0.1, 0.15) is 0 Å². The molecule has 1 aliphatic heterocycles. The number of carbonyl (C=O) groups is 2. The molecule has 19 heavy (non-hydrogen) atoms. The Hall–Kier alpha value is -2.12. The number of anilines is 2. The number of nitrogens with zero attached hydrogens (tertiary/aromatic N) is 1. The molecule has 0 spiro atoms. The molecule has 1 unspecified atom stereocenters. The van der Waals surface area contributed by atoms with Crippen molar-refractivity contribution in [2.75, 3.05) is 30.5 Å². The molecule has 0 fully saturated rings. The monoisotopic (exact) mass is 264 g/mol. The van der Waals surface area contributed by atoms with Crippen LogP contribution in [0.15, 0.2) is 24.3 Å². The summed E-state index contributed by atoms with van der Waals surface area (Å²) < 4.78 is 5.04. The average molecular weight is 264 g/mol. The van der Waals surface area contributed by atoms with Gasteiger partial charge in [0.25, 0.3) is 5.91 Å². The lowest BCUT2D eigenvalue weighted by molar-refractivity contribution is -0.123. The van der Waals surface area contributed by atoms with Crippen LogP contribution in [-0.2, 0) is 14.3 Å². The molecule has 0 aliphatic carbocycles. The Morgan fingerprint density at radius 3 is 3.00 bits per heavy atom. The fraction of sp³-hybridized carbons (Fsp3) is 0.333. The molecule has 2 rings (SSSR count). The summed E-state index contributed by atoms with van der Waals surface area (Å²) in [6.45, 7) is 0.225. The summed E-state index contributed by atoms with van der Waals surface area (Å²) in [7, 11) is 1.49. The van der Waals surface area contributed by atoms with Gasteiger partial charge in [0.2, 0.25) is 5.91 Å². The van der Waals surface area contributed by atoms with Gasteiger partial charge >= 0.3 is 0 Å². The van der Waals surface area contributed by atoms with Crippen molar-refractivity contribution >= 4 is 23.2 Å². The number of nitrogens with two attached hydrogens (primary N) is 1. The lowest BCUT2D eigenvalue weighted by Gasteiger charge is -2.35. The normalized spacial score (nSPS) is 15.5. The molecule has 0 aromatic heterocycles. The molecule has 1 heterocycles. The SMILES string of the molecule is COCC(C(=O)NN)N1CC(=O)Nc2ccccc21. The summed E-state index contributed by atoms with van der Waals surface area (Å²) in [5.74, 6) is 4.61. The van der Waals surface area contributed by atoms with Gasteiger partial charge < -0.3 is 15.0 Å². The Morgan fingerprint density at radius 1 is 1.58 bits per heavy atom. The van der Waals surface area contributed by atoms with Crippen LogP contribution in [0.2, 0.25) is 0 Å². The maximum atomic E-state index is 11.8. The third-order valence-corrected chi connectivity index (χ3v) is 2.95. The molecule has 7 nitrogen and oxygen atoms in total. The highest BCUT2D eigenvalue weighted by atomic mass is 16.5. The fourth-order valence-electron chi connectivity index (χ4n) is 2.10. The Bertz CT molecular complexity index is 492. The van der Waals surface area contributed by atoms with E-state index in [2.05, 4.69) is 10.7 Å². The number of methoxy groups -OCH3 is 1. The summed E-state index contributed by atoms with van der Waals surface area (Å²) in [6.07, 6.45) is 0. The third-order valence-electron chi connectivity index (χ3n) is 2.95. The first kappa shape index (κ1) is 13.3. The molecule has 4 N–H and O–H groups in total. The van der Waals surface area contributed by atoms with E-state index in [0.29, 0.717) is 5.69 Å². The summed E-state index contributed by atoms with van der Waals surface area (Å²) in [4.78, 5) is 25.2. The highest BCUT2D eigenvalue weighted by Gasteiger charge is 2.31. The first-order chi connectivity index (χ1) is 9.17. The topological polar surface area (TPSA) is 96.7 Å². The second kappa shape index (κ2) is 5.68. The van der Waals surface area contributed by atoms with E-state index in [-0.39, 0.29) is 19.1 Å². The lowest BCUT2D eigenvalue weighted by atomic mass is 10.1. The van der Waals surface area contributed by atoms with E-state index >= 15 is 0 Å². The molecule has 1 aliphatic rings. The van der Waals surface area contributed by atoms with Gasteiger partial charge in [-0.3, -0.25) is 15.0 Å². The molecule has 0 saturated carbocycles. The van der Waals surface area contributed by atoms with Crippen molar-refractivity contribution < 1.29 is 14.3 Å². The standard InChI is InChI=1S/C12H16N4O3/c1-19-7-10(12(18)15-13)16-6-11(17)14-8-4-2-3-5-9(8)16/h2-5,10H,6-7,13H2,1H3,(H,14,17)(H,15,18). The minimum Gasteiger partial charge on any atom is -0.382 e. The molecule has 0 radical (unpaired) electrons. The Morgan fingerprint density at radius 2 is 2.32 bits per heavy atom. The Labute approximate surface area is 110 Å². The van der Waals surface area contributed by atoms with Crippen LogP contribution in [0.3, 0.4) is 0 Å². The summed E-state index contributed by atoms with van der Waals surface area (Å²) in [5.41, 5.74) is 3.54. The number of hydrogen-bond acceptors (Lipinski definition) is 5. The maximum Gasteiger partial charge on any atom is 0.258 e.